The van der Waals surface area contributed by atoms with Crippen molar-refractivity contribution in [2.45, 2.75) is 20.8 Å². The molecule has 0 aromatic carbocycles. The molecule has 0 unspecified atom stereocenters. The lowest BCUT2D eigenvalue weighted by Crippen LogP contribution is -2.31. The molecule has 0 bridgehead atoms. The maximum absolute atomic E-state index is 11.7. The van der Waals surface area contributed by atoms with Gasteiger partial charge in [0.05, 0.1) is 17.6 Å². The lowest BCUT2D eigenvalue weighted by atomic mass is 10.2. The second-order valence-corrected chi connectivity index (χ2v) is 5.03. The summed E-state index contributed by atoms with van der Waals surface area (Å²) in [4.78, 5) is 16.0. The molecular formula is C13H19N5O. The minimum Gasteiger partial charge on any atom is -0.338 e. The van der Waals surface area contributed by atoms with Gasteiger partial charge in [-0.3, -0.25) is 4.68 Å². The normalized spacial score (nSPS) is 11.0. The maximum Gasteiger partial charge on any atom is 0.319 e. The van der Waals surface area contributed by atoms with Crippen molar-refractivity contribution in [1.82, 2.24) is 20.1 Å². The van der Waals surface area contributed by atoms with Crippen molar-refractivity contribution in [2.75, 3.05) is 11.9 Å². The van der Waals surface area contributed by atoms with Crippen LogP contribution in [-0.2, 0) is 7.05 Å². The van der Waals surface area contributed by atoms with Crippen LogP contribution in [0, 0.1) is 12.8 Å². The second-order valence-electron chi connectivity index (χ2n) is 5.03. The molecule has 0 saturated carbocycles. The van der Waals surface area contributed by atoms with Crippen LogP contribution in [0.25, 0.3) is 11.0 Å². The van der Waals surface area contributed by atoms with Gasteiger partial charge in [-0.1, -0.05) is 13.8 Å². The minimum absolute atomic E-state index is 0.212. The lowest BCUT2D eigenvalue weighted by molar-refractivity contribution is 0.251. The Labute approximate surface area is 112 Å². The Balaban J connectivity index is 2.13. The third kappa shape index (κ3) is 3.01. The monoisotopic (exact) mass is 261 g/mol. The number of amides is 2. The van der Waals surface area contributed by atoms with Gasteiger partial charge in [0.25, 0.3) is 0 Å². The number of hydrogen-bond acceptors (Lipinski definition) is 3. The number of nitrogens with one attached hydrogen (secondary N) is 2. The number of hydrogen-bond donors (Lipinski definition) is 2. The van der Waals surface area contributed by atoms with E-state index in [1.165, 1.54) is 0 Å². The van der Waals surface area contributed by atoms with Crippen LogP contribution in [0.2, 0.25) is 0 Å². The highest BCUT2D eigenvalue weighted by Crippen LogP contribution is 2.18. The van der Waals surface area contributed by atoms with E-state index in [9.17, 15) is 4.79 Å². The van der Waals surface area contributed by atoms with Crippen LogP contribution in [0.15, 0.2) is 12.3 Å². The van der Waals surface area contributed by atoms with Crippen molar-refractivity contribution in [3.8, 4) is 0 Å². The quantitative estimate of drug-likeness (QED) is 0.888. The molecule has 0 atom stereocenters. The van der Waals surface area contributed by atoms with Crippen LogP contribution in [0.1, 0.15) is 19.5 Å². The van der Waals surface area contributed by atoms with E-state index < -0.39 is 0 Å². The van der Waals surface area contributed by atoms with Gasteiger partial charge >= 0.3 is 6.03 Å². The van der Waals surface area contributed by atoms with Gasteiger partial charge in [0, 0.05) is 19.0 Å². The zero-order chi connectivity index (χ0) is 14.0. The number of rotatable bonds is 3. The zero-order valence-corrected chi connectivity index (χ0v) is 11.7. The summed E-state index contributed by atoms with van der Waals surface area (Å²) in [6.45, 7) is 6.67. The van der Waals surface area contributed by atoms with Gasteiger partial charge in [0.1, 0.15) is 0 Å². The summed E-state index contributed by atoms with van der Waals surface area (Å²) >= 11 is 0. The third-order valence-corrected chi connectivity index (χ3v) is 2.79. The van der Waals surface area contributed by atoms with E-state index >= 15 is 0 Å². The molecule has 2 heterocycles. The van der Waals surface area contributed by atoms with Crippen molar-refractivity contribution in [2.24, 2.45) is 13.0 Å². The summed E-state index contributed by atoms with van der Waals surface area (Å²) < 4.78 is 1.73. The standard InChI is InChI=1S/C13H19N5O/c1-8(2)6-15-13(19)16-10-5-11-9(3)17-18(4)12(11)14-7-10/h5,7-8H,6H2,1-4H3,(H2,15,16,19). The molecular weight excluding hydrogens is 242 g/mol. The first-order valence-electron chi connectivity index (χ1n) is 6.31. The topological polar surface area (TPSA) is 71.8 Å². The van der Waals surface area contributed by atoms with Gasteiger partial charge in [-0.2, -0.15) is 5.10 Å². The highest BCUT2D eigenvalue weighted by Gasteiger charge is 2.08. The van der Waals surface area contributed by atoms with Crippen LogP contribution in [0.4, 0.5) is 10.5 Å². The van der Waals surface area contributed by atoms with Gasteiger partial charge in [-0.15, -0.1) is 0 Å². The molecule has 0 aliphatic rings. The van der Waals surface area contributed by atoms with E-state index in [4.69, 9.17) is 0 Å². The first kappa shape index (κ1) is 13.3. The molecule has 0 spiro atoms. The molecule has 102 valence electrons. The number of aryl methyl sites for hydroxylation is 2. The Kier molecular flexibility index (Phi) is 3.69. The predicted molar refractivity (Wildman–Crippen MR) is 75.1 cm³/mol. The summed E-state index contributed by atoms with van der Waals surface area (Å²) in [5, 5.41) is 10.8. The lowest BCUT2D eigenvalue weighted by Gasteiger charge is -2.09. The van der Waals surface area contributed by atoms with Crippen molar-refractivity contribution in [1.29, 1.82) is 0 Å². The van der Waals surface area contributed by atoms with Gasteiger partial charge in [-0.05, 0) is 18.9 Å². The fourth-order valence-corrected chi connectivity index (χ4v) is 1.85. The van der Waals surface area contributed by atoms with E-state index in [1.807, 2.05) is 33.9 Å². The molecule has 0 aliphatic carbocycles. The average molecular weight is 261 g/mol. The molecule has 19 heavy (non-hydrogen) atoms. The Morgan fingerprint density at radius 2 is 2.21 bits per heavy atom. The molecule has 2 rings (SSSR count). The molecule has 0 aliphatic heterocycles. The molecule has 0 radical (unpaired) electrons. The molecule has 2 N–H and O–H groups in total. The first-order chi connectivity index (χ1) is 8.97. The van der Waals surface area contributed by atoms with Crippen molar-refractivity contribution in [3.05, 3.63) is 18.0 Å². The highest BCUT2D eigenvalue weighted by atomic mass is 16.2. The number of anilines is 1. The number of carbonyl (C=O) groups excluding carboxylic acids is 1. The number of pyridine rings is 1. The molecule has 6 nitrogen and oxygen atoms in total. The van der Waals surface area contributed by atoms with E-state index in [0.717, 1.165) is 16.7 Å². The number of carbonyl (C=O) groups is 1. The summed E-state index contributed by atoms with van der Waals surface area (Å²) in [5.74, 6) is 0.423. The van der Waals surface area contributed by atoms with Gasteiger partial charge in [0.2, 0.25) is 0 Å². The summed E-state index contributed by atoms with van der Waals surface area (Å²) in [7, 11) is 1.85. The maximum atomic E-state index is 11.7. The molecule has 2 aromatic heterocycles. The number of aromatic nitrogens is 3. The van der Waals surface area contributed by atoms with Crippen LogP contribution in [-0.4, -0.2) is 27.3 Å². The SMILES string of the molecule is Cc1nn(C)c2ncc(NC(=O)NCC(C)C)cc12. The van der Waals surface area contributed by atoms with Crippen molar-refractivity contribution < 1.29 is 4.79 Å². The largest absolute Gasteiger partial charge is 0.338 e. The Bertz CT molecular complexity index is 602. The van der Waals surface area contributed by atoms with Crippen LogP contribution >= 0.6 is 0 Å². The van der Waals surface area contributed by atoms with Crippen LogP contribution in [0.5, 0.6) is 0 Å². The van der Waals surface area contributed by atoms with E-state index in [0.29, 0.717) is 18.2 Å². The highest BCUT2D eigenvalue weighted by molar-refractivity contribution is 5.91. The second kappa shape index (κ2) is 5.26. The predicted octanol–water partition coefficient (Wildman–Crippen LogP) is 2.05. The molecule has 0 saturated heterocycles. The minimum atomic E-state index is -0.212. The molecule has 0 fully saturated rings. The van der Waals surface area contributed by atoms with Crippen LogP contribution < -0.4 is 10.6 Å². The number of urea groups is 1. The number of fused-ring (bicyclic) bond motifs is 1. The summed E-state index contributed by atoms with van der Waals surface area (Å²) in [5.41, 5.74) is 2.38. The van der Waals surface area contributed by atoms with Gasteiger partial charge < -0.3 is 10.6 Å². The fourth-order valence-electron chi connectivity index (χ4n) is 1.85. The average Bonchev–Trinajstić information content (AvgIpc) is 2.62. The van der Waals surface area contributed by atoms with Crippen LogP contribution in [0.3, 0.4) is 0 Å². The number of nitrogens with zero attached hydrogens (tertiary/aromatic N) is 3. The summed E-state index contributed by atoms with van der Waals surface area (Å²) in [6, 6.07) is 1.68. The van der Waals surface area contributed by atoms with Crippen molar-refractivity contribution >= 4 is 22.8 Å². The Morgan fingerprint density at radius 3 is 2.89 bits per heavy atom. The van der Waals surface area contributed by atoms with E-state index in [1.54, 1.807) is 10.9 Å². The third-order valence-electron chi connectivity index (χ3n) is 2.79. The molecule has 2 amide bonds. The zero-order valence-electron chi connectivity index (χ0n) is 11.7. The Hall–Kier alpha value is -2.11. The fraction of sp³-hybridized carbons (Fsp3) is 0.462. The van der Waals surface area contributed by atoms with E-state index in [-0.39, 0.29) is 6.03 Å². The molecule has 2 aromatic rings. The first-order valence-corrected chi connectivity index (χ1v) is 6.31. The van der Waals surface area contributed by atoms with E-state index in [2.05, 4.69) is 20.7 Å². The van der Waals surface area contributed by atoms with Gasteiger partial charge in [0.15, 0.2) is 5.65 Å². The van der Waals surface area contributed by atoms with Gasteiger partial charge in [-0.25, -0.2) is 9.78 Å². The molecule has 6 heteroatoms. The summed E-state index contributed by atoms with van der Waals surface area (Å²) in [6.07, 6.45) is 1.64. The Morgan fingerprint density at radius 1 is 1.47 bits per heavy atom. The van der Waals surface area contributed by atoms with Crippen molar-refractivity contribution in [3.63, 3.8) is 0 Å². The smallest absolute Gasteiger partial charge is 0.319 e.